The summed E-state index contributed by atoms with van der Waals surface area (Å²) >= 11 is 0. The Hall–Kier alpha value is -0.610. The van der Waals surface area contributed by atoms with E-state index in [1.54, 1.807) is 11.9 Å². The maximum Gasteiger partial charge on any atom is 0.242 e. The van der Waals surface area contributed by atoms with Gasteiger partial charge >= 0.3 is 0 Å². The van der Waals surface area contributed by atoms with Crippen LogP contribution in [-0.4, -0.2) is 60.6 Å². The average molecular weight is 158 g/mol. The molecule has 0 bridgehead atoms. The first-order chi connectivity index (χ1) is 5.16. The van der Waals surface area contributed by atoms with Gasteiger partial charge in [0.2, 0.25) is 5.91 Å². The van der Waals surface area contributed by atoms with Crippen LogP contribution in [0, 0.1) is 0 Å². The highest BCUT2D eigenvalue weighted by Gasteiger charge is 2.29. The standard InChI is InChI=1S/C7H14N2O2/c1-8-3-4-9(2)7(11)6(8)5-10/h6,10H,3-5H2,1-2H3. The van der Waals surface area contributed by atoms with Crippen LogP contribution in [0.25, 0.3) is 0 Å². The Morgan fingerprint density at radius 1 is 1.55 bits per heavy atom. The van der Waals surface area contributed by atoms with E-state index in [2.05, 4.69) is 0 Å². The Bertz CT molecular complexity index is 161. The smallest absolute Gasteiger partial charge is 0.242 e. The van der Waals surface area contributed by atoms with Crippen molar-refractivity contribution in [2.24, 2.45) is 0 Å². The van der Waals surface area contributed by atoms with Crippen molar-refractivity contribution in [2.45, 2.75) is 6.04 Å². The minimum absolute atomic E-state index is 0.0150. The highest BCUT2D eigenvalue weighted by atomic mass is 16.3. The Labute approximate surface area is 66.4 Å². The molecule has 0 aliphatic carbocycles. The number of piperazine rings is 1. The summed E-state index contributed by atoms with van der Waals surface area (Å²) in [6, 6.07) is -0.325. The third kappa shape index (κ3) is 1.52. The van der Waals surface area contributed by atoms with Gasteiger partial charge < -0.3 is 10.0 Å². The van der Waals surface area contributed by atoms with Crippen molar-refractivity contribution in [1.82, 2.24) is 9.80 Å². The molecule has 1 aliphatic heterocycles. The molecule has 0 spiro atoms. The molecule has 0 saturated carbocycles. The summed E-state index contributed by atoms with van der Waals surface area (Å²) in [5.41, 5.74) is 0. The van der Waals surface area contributed by atoms with Crippen LogP contribution in [0.15, 0.2) is 0 Å². The zero-order valence-electron chi connectivity index (χ0n) is 6.95. The Morgan fingerprint density at radius 2 is 2.18 bits per heavy atom. The summed E-state index contributed by atoms with van der Waals surface area (Å²) in [4.78, 5) is 14.8. The molecule has 64 valence electrons. The fraction of sp³-hybridized carbons (Fsp3) is 0.857. The van der Waals surface area contributed by atoms with Crippen molar-refractivity contribution in [1.29, 1.82) is 0 Å². The van der Waals surface area contributed by atoms with E-state index in [-0.39, 0.29) is 18.6 Å². The summed E-state index contributed by atoms with van der Waals surface area (Å²) in [5, 5.41) is 8.86. The predicted molar refractivity (Wildman–Crippen MR) is 41.1 cm³/mol. The molecule has 1 aliphatic rings. The molecular weight excluding hydrogens is 144 g/mol. The fourth-order valence-electron chi connectivity index (χ4n) is 1.23. The lowest BCUT2D eigenvalue weighted by atomic mass is 10.2. The number of aliphatic hydroxyl groups is 1. The van der Waals surface area contributed by atoms with Crippen LogP contribution in [0.1, 0.15) is 0 Å². The number of carbonyl (C=O) groups is 1. The van der Waals surface area contributed by atoms with E-state index in [4.69, 9.17) is 5.11 Å². The van der Waals surface area contributed by atoms with E-state index >= 15 is 0 Å². The van der Waals surface area contributed by atoms with E-state index in [1.165, 1.54) is 0 Å². The summed E-state index contributed by atoms with van der Waals surface area (Å²) in [7, 11) is 3.61. The van der Waals surface area contributed by atoms with Crippen molar-refractivity contribution in [3.05, 3.63) is 0 Å². The average Bonchev–Trinajstić information content (AvgIpc) is 1.99. The van der Waals surface area contributed by atoms with Crippen molar-refractivity contribution in [3.8, 4) is 0 Å². The molecule has 4 nitrogen and oxygen atoms in total. The lowest BCUT2D eigenvalue weighted by molar-refractivity contribution is -0.140. The molecule has 1 rings (SSSR count). The normalized spacial score (nSPS) is 27.7. The molecule has 1 atom stereocenters. The van der Waals surface area contributed by atoms with Crippen LogP contribution in [0.2, 0.25) is 0 Å². The number of hydrogen-bond acceptors (Lipinski definition) is 3. The van der Waals surface area contributed by atoms with Gasteiger partial charge in [0.1, 0.15) is 6.04 Å². The van der Waals surface area contributed by atoms with Gasteiger partial charge in [-0.2, -0.15) is 0 Å². The minimum Gasteiger partial charge on any atom is -0.394 e. The Morgan fingerprint density at radius 3 is 2.64 bits per heavy atom. The Kier molecular flexibility index (Phi) is 2.46. The van der Waals surface area contributed by atoms with Crippen LogP contribution >= 0.6 is 0 Å². The molecule has 0 radical (unpaired) electrons. The summed E-state index contributed by atoms with van der Waals surface area (Å²) in [6.45, 7) is 1.51. The first-order valence-corrected chi connectivity index (χ1v) is 3.73. The van der Waals surface area contributed by atoms with Gasteiger partial charge in [0.05, 0.1) is 6.61 Å². The van der Waals surface area contributed by atoms with Crippen LogP contribution in [-0.2, 0) is 4.79 Å². The van der Waals surface area contributed by atoms with Crippen molar-refractivity contribution < 1.29 is 9.90 Å². The number of carbonyl (C=O) groups excluding carboxylic acids is 1. The van der Waals surface area contributed by atoms with E-state index in [1.807, 2.05) is 11.9 Å². The second kappa shape index (κ2) is 3.19. The van der Waals surface area contributed by atoms with Gasteiger partial charge in [0.15, 0.2) is 0 Å². The minimum atomic E-state index is -0.325. The third-order valence-electron chi connectivity index (χ3n) is 2.15. The SMILES string of the molecule is CN1CCN(C)C(CO)C1=O. The highest BCUT2D eigenvalue weighted by Crippen LogP contribution is 2.06. The van der Waals surface area contributed by atoms with Gasteiger partial charge in [-0.25, -0.2) is 0 Å². The van der Waals surface area contributed by atoms with Crippen LogP contribution < -0.4 is 0 Å². The first kappa shape index (κ1) is 8.49. The zero-order valence-corrected chi connectivity index (χ0v) is 6.95. The van der Waals surface area contributed by atoms with E-state index in [0.29, 0.717) is 0 Å². The molecule has 4 heteroatoms. The molecule has 1 heterocycles. The van der Waals surface area contributed by atoms with E-state index in [0.717, 1.165) is 13.1 Å². The summed E-state index contributed by atoms with van der Waals surface area (Å²) in [6.07, 6.45) is 0. The van der Waals surface area contributed by atoms with E-state index in [9.17, 15) is 4.79 Å². The van der Waals surface area contributed by atoms with Crippen molar-refractivity contribution >= 4 is 5.91 Å². The molecule has 1 N–H and O–H groups in total. The number of rotatable bonds is 1. The largest absolute Gasteiger partial charge is 0.394 e. The maximum absolute atomic E-state index is 11.3. The zero-order chi connectivity index (χ0) is 8.43. The molecule has 1 amide bonds. The third-order valence-corrected chi connectivity index (χ3v) is 2.15. The van der Waals surface area contributed by atoms with Crippen LogP contribution in [0.3, 0.4) is 0 Å². The van der Waals surface area contributed by atoms with Gasteiger partial charge in [-0.3, -0.25) is 9.69 Å². The van der Waals surface area contributed by atoms with Gasteiger partial charge in [0.25, 0.3) is 0 Å². The molecular formula is C7H14N2O2. The topological polar surface area (TPSA) is 43.8 Å². The molecule has 1 unspecified atom stereocenters. The second-order valence-corrected chi connectivity index (χ2v) is 2.94. The number of nitrogens with zero attached hydrogens (tertiary/aromatic N) is 2. The lowest BCUT2D eigenvalue weighted by Crippen LogP contribution is -2.55. The molecule has 1 saturated heterocycles. The quantitative estimate of drug-likeness (QED) is 0.518. The molecule has 11 heavy (non-hydrogen) atoms. The highest BCUT2D eigenvalue weighted by molar-refractivity contribution is 5.82. The van der Waals surface area contributed by atoms with Crippen LogP contribution in [0.5, 0.6) is 0 Å². The number of amides is 1. The molecule has 0 aromatic heterocycles. The molecule has 1 fully saturated rings. The molecule has 0 aromatic rings. The van der Waals surface area contributed by atoms with Gasteiger partial charge in [-0.05, 0) is 7.05 Å². The predicted octanol–water partition coefficient (Wildman–Crippen LogP) is -1.25. The number of hydrogen-bond donors (Lipinski definition) is 1. The number of aliphatic hydroxyl groups excluding tert-OH is 1. The number of likely N-dealkylation sites (N-methyl/N-ethyl adjacent to an activating group) is 2. The lowest BCUT2D eigenvalue weighted by Gasteiger charge is -2.35. The summed E-state index contributed by atoms with van der Waals surface area (Å²) < 4.78 is 0. The van der Waals surface area contributed by atoms with Crippen molar-refractivity contribution in [3.63, 3.8) is 0 Å². The van der Waals surface area contributed by atoms with E-state index < -0.39 is 0 Å². The molecule has 0 aromatic carbocycles. The van der Waals surface area contributed by atoms with Gasteiger partial charge in [-0.15, -0.1) is 0 Å². The monoisotopic (exact) mass is 158 g/mol. The van der Waals surface area contributed by atoms with Gasteiger partial charge in [-0.1, -0.05) is 0 Å². The van der Waals surface area contributed by atoms with Gasteiger partial charge in [0, 0.05) is 20.1 Å². The second-order valence-electron chi connectivity index (χ2n) is 2.94. The fourth-order valence-corrected chi connectivity index (χ4v) is 1.23. The summed E-state index contributed by atoms with van der Waals surface area (Å²) in [5.74, 6) is 0.0150. The van der Waals surface area contributed by atoms with Crippen molar-refractivity contribution in [2.75, 3.05) is 33.8 Å². The maximum atomic E-state index is 11.3. The van der Waals surface area contributed by atoms with Crippen LogP contribution in [0.4, 0.5) is 0 Å². The first-order valence-electron chi connectivity index (χ1n) is 3.73. The Balaban J connectivity index is 2.63.